The number of nitrogens with zero attached hydrogens (tertiary/aromatic N) is 1. The van der Waals surface area contributed by atoms with Gasteiger partial charge in [-0.05, 0) is 86.8 Å². The maximum atomic E-state index is 5.59. The summed E-state index contributed by atoms with van der Waals surface area (Å²) in [6.07, 6.45) is 12.6. The Kier molecular flexibility index (Phi) is 4.47. The van der Waals surface area contributed by atoms with Gasteiger partial charge in [0.05, 0.1) is 0 Å². The van der Waals surface area contributed by atoms with Crippen molar-refractivity contribution in [3.05, 3.63) is 11.6 Å². The highest BCUT2D eigenvalue weighted by molar-refractivity contribution is 7.81. The molecule has 6 atom stereocenters. The van der Waals surface area contributed by atoms with Gasteiger partial charge in [-0.2, -0.15) is 17.7 Å². The molecule has 0 aliphatic heterocycles. The second-order valence-electron chi connectivity index (χ2n) is 9.19. The molecular formula is C20H31N3S2. The molecule has 3 N–H and O–H groups in total. The van der Waals surface area contributed by atoms with Gasteiger partial charge in [-0.1, -0.05) is 25.5 Å². The first-order valence-corrected chi connectivity index (χ1v) is 10.8. The zero-order chi connectivity index (χ0) is 17.8. The lowest BCUT2D eigenvalue weighted by atomic mass is 9.48. The normalized spacial score (nSPS) is 47.5. The number of fused-ring (bicyclic) bond motifs is 5. The number of nitrogens with two attached hydrogens (primary N) is 1. The van der Waals surface area contributed by atoms with Crippen LogP contribution in [0.2, 0.25) is 0 Å². The molecule has 25 heavy (non-hydrogen) atoms. The predicted octanol–water partition coefficient (Wildman–Crippen LogP) is 4.44. The zero-order valence-corrected chi connectivity index (χ0v) is 17.1. The zero-order valence-electron chi connectivity index (χ0n) is 15.4. The van der Waals surface area contributed by atoms with Crippen LogP contribution in [0.25, 0.3) is 0 Å². The highest BCUT2D eigenvalue weighted by Crippen LogP contribution is 2.64. The van der Waals surface area contributed by atoms with Gasteiger partial charge in [-0.25, -0.2) is 0 Å². The van der Waals surface area contributed by atoms with E-state index in [0.717, 1.165) is 24.2 Å². The summed E-state index contributed by atoms with van der Waals surface area (Å²) in [5.74, 6) is 2.40. The first-order chi connectivity index (χ1) is 11.8. The molecule has 0 amide bonds. The summed E-state index contributed by atoms with van der Waals surface area (Å²) < 4.78 is 0. The molecule has 5 heteroatoms. The molecular weight excluding hydrogens is 346 g/mol. The van der Waals surface area contributed by atoms with Crippen molar-refractivity contribution in [2.24, 2.45) is 39.4 Å². The number of allylic oxidation sites excluding steroid dienone is 2. The van der Waals surface area contributed by atoms with E-state index in [1.807, 2.05) is 0 Å². The Morgan fingerprint density at radius 1 is 1.24 bits per heavy atom. The summed E-state index contributed by atoms with van der Waals surface area (Å²) in [6.45, 7) is 4.99. The van der Waals surface area contributed by atoms with Crippen molar-refractivity contribution >= 4 is 35.7 Å². The van der Waals surface area contributed by atoms with E-state index in [-0.39, 0.29) is 10.5 Å². The van der Waals surface area contributed by atoms with E-state index < -0.39 is 0 Å². The third kappa shape index (κ3) is 2.77. The fourth-order valence-corrected chi connectivity index (χ4v) is 7.11. The van der Waals surface area contributed by atoms with Crippen molar-refractivity contribution in [3.8, 4) is 0 Å². The van der Waals surface area contributed by atoms with Gasteiger partial charge in [0, 0.05) is 16.4 Å². The molecule has 0 aromatic heterocycles. The summed E-state index contributed by atoms with van der Waals surface area (Å²) in [6, 6.07) is 0. The lowest BCUT2D eigenvalue weighted by Gasteiger charge is -2.57. The summed E-state index contributed by atoms with van der Waals surface area (Å²) in [5.41, 5.74) is 12.1. The van der Waals surface area contributed by atoms with Crippen molar-refractivity contribution in [1.29, 1.82) is 0 Å². The Hall–Kier alpha value is -0.550. The Balaban J connectivity index is 1.62. The number of nitrogens with one attached hydrogen (secondary N) is 1. The minimum atomic E-state index is 0.224. The predicted molar refractivity (Wildman–Crippen MR) is 112 cm³/mol. The van der Waals surface area contributed by atoms with Crippen LogP contribution in [0.15, 0.2) is 16.8 Å². The van der Waals surface area contributed by atoms with Crippen LogP contribution in [0.1, 0.15) is 65.2 Å². The van der Waals surface area contributed by atoms with Gasteiger partial charge in [0.15, 0.2) is 5.11 Å². The van der Waals surface area contributed by atoms with Crippen LogP contribution in [0.3, 0.4) is 0 Å². The summed E-state index contributed by atoms with van der Waals surface area (Å²) in [4.78, 5) is 0. The minimum Gasteiger partial charge on any atom is -0.375 e. The van der Waals surface area contributed by atoms with Gasteiger partial charge >= 0.3 is 0 Å². The van der Waals surface area contributed by atoms with Crippen molar-refractivity contribution in [2.75, 3.05) is 0 Å². The van der Waals surface area contributed by atoms with E-state index in [1.54, 1.807) is 5.57 Å². The molecule has 3 saturated carbocycles. The van der Waals surface area contributed by atoms with E-state index >= 15 is 0 Å². The van der Waals surface area contributed by atoms with Crippen LogP contribution in [-0.2, 0) is 0 Å². The third-order valence-electron chi connectivity index (χ3n) is 8.12. The second kappa shape index (κ2) is 6.26. The standard InChI is InChI=1S/C20H31N3S2/c1-19-9-7-13(24)11-12(19)3-4-14-15-5-6-17(22-23-18(21)25)20(15,2)10-8-16(14)19/h3,13-16,24H,4-11H2,1-2H3,(H3,21,23,25)/b22-17-/t13-,14-,15-,16-,19-,20-/m0/s1. The van der Waals surface area contributed by atoms with E-state index in [0.29, 0.717) is 10.7 Å². The van der Waals surface area contributed by atoms with Gasteiger partial charge in [-0.15, -0.1) is 0 Å². The van der Waals surface area contributed by atoms with E-state index in [2.05, 4.69) is 30.5 Å². The molecule has 0 spiro atoms. The molecule has 0 bridgehead atoms. The molecule has 4 aliphatic rings. The largest absolute Gasteiger partial charge is 0.375 e. The van der Waals surface area contributed by atoms with Crippen molar-refractivity contribution in [2.45, 2.75) is 70.5 Å². The summed E-state index contributed by atoms with van der Waals surface area (Å²) in [5, 5.41) is 5.44. The van der Waals surface area contributed by atoms with Crippen LogP contribution in [0.5, 0.6) is 0 Å². The average Bonchev–Trinajstić information content (AvgIpc) is 2.90. The maximum absolute atomic E-state index is 5.59. The van der Waals surface area contributed by atoms with Crippen LogP contribution in [0, 0.1) is 28.6 Å². The van der Waals surface area contributed by atoms with Gasteiger partial charge in [-0.3, -0.25) is 5.43 Å². The van der Waals surface area contributed by atoms with Crippen LogP contribution < -0.4 is 11.2 Å². The van der Waals surface area contributed by atoms with E-state index in [9.17, 15) is 0 Å². The Labute approximate surface area is 162 Å². The topological polar surface area (TPSA) is 50.4 Å². The highest BCUT2D eigenvalue weighted by Gasteiger charge is 2.57. The number of thiocarbonyl (C=S) groups is 1. The van der Waals surface area contributed by atoms with Crippen LogP contribution >= 0.6 is 24.8 Å². The molecule has 0 radical (unpaired) electrons. The monoisotopic (exact) mass is 377 g/mol. The fourth-order valence-electron chi connectivity index (χ4n) is 6.74. The molecule has 138 valence electrons. The Morgan fingerprint density at radius 3 is 2.72 bits per heavy atom. The smallest absolute Gasteiger partial charge is 0.184 e. The molecule has 0 aromatic carbocycles. The van der Waals surface area contributed by atoms with Gasteiger partial charge in [0.25, 0.3) is 0 Å². The van der Waals surface area contributed by atoms with Crippen molar-refractivity contribution < 1.29 is 0 Å². The van der Waals surface area contributed by atoms with Crippen LogP contribution in [0.4, 0.5) is 0 Å². The number of rotatable bonds is 1. The molecule has 3 nitrogen and oxygen atoms in total. The summed E-state index contributed by atoms with van der Waals surface area (Å²) >= 11 is 9.71. The SMILES string of the molecule is C[C@]12CC[C@H](S)CC1=CC[C@@H]1[C@@H]2CC[C@]2(C)/C(=N\NC(N)=S)CC[C@@H]12. The fraction of sp³-hybridized carbons (Fsp3) is 0.800. The summed E-state index contributed by atoms with van der Waals surface area (Å²) in [7, 11) is 0. The molecule has 0 heterocycles. The van der Waals surface area contributed by atoms with Gasteiger partial charge in [0.1, 0.15) is 0 Å². The third-order valence-corrected chi connectivity index (χ3v) is 8.65. The van der Waals surface area contributed by atoms with Crippen molar-refractivity contribution in [1.82, 2.24) is 5.43 Å². The van der Waals surface area contributed by atoms with Gasteiger partial charge < -0.3 is 5.73 Å². The Bertz CT molecular complexity index is 643. The molecule has 0 unspecified atom stereocenters. The maximum Gasteiger partial charge on any atom is 0.184 e. The molecule has 4 aliphatic carbocycles. The molecule has 0 aromatic rings. The quantitative estimate of drug-likeness (QED) is 0.274. The first-order valence-electron chi connectivity index (χ1n) is 9.84. The highest BCUT2D eigenvalue weighted by atomic mass is 32.1. The van der Waals surface area contributed by atoms with E-state index in [1.165, 1.54) is 50.7 Å². The molecule has 4 rings (SSSR count). The average molecular weight is 378 g/mol. The number of hydrogen-bond donors (Lipinski definition) is 3. The number of hydrogen-bond acceptors (Lipinski definition) is 3. The number of thiol groups is 1. The molecule has 0 saturated heterocycles. The lowest BCUT2D eigenvalue weighted by Crippen LogP contribution is -2.50. The van der Waals surface area contributed by atoms with Gasteiger partial charge in [0.2, 0.25) is 0 Å². The number of hydrazone groups is 1. The van der Waals surface area contributed by atoms with Crippen molar-refractivity contribution in [3.63, 3.8) is 0 Å². The second-order valence-corrected chi connectivity index (χ2v) is 10.4. The molecule has 3 fully saturated rings. The van der Waals surface area contributed by atoms with E-state index in [4.69, 9.17) is 30.6 Å². The minimum absolute atomic E-state index is 0.224. The van der Waals surface area contributed by atoms with Crippen LogP contribution in [-0.4, -0.2) is 16.1 Å². The lowest BCUT2D eigenvalue weighted by molar-refractivity contribution is -0.00568. The Morgan fingerprint density at radius 2 is 1.96 bits per heavy atom. The first kappa shape index (κ1) is 17.8.